The Bertz CT molecular complexity index is 437. The molecule has 9 nitrogen and oxygen atoms in total. The average molecular weight is 632 g/mol. The average Bonchev–Trinajstić information content (AvgIpc) is 2.78. The van der Waals surface area contributed by atoms with Crippen LogP contribution in [-0.2, 0) is 39.4 Å². The van der Waals surface area contributed by atoms with E-state index < -0.39 is 38.6 Å². The molecule has 1 unspecified atom stereocenters. The first-order valence-corrected chi connectivity index (χ1v) is 11.0. The van der Waals surface area contributed by atoms with Gasteiger partial charge in [0.05, 0.1) is 33.7 Å². The number of phosphoric ester groups is 1. The van der Waals surface area contributed by atoms with Gasteiger partial charge in [0.25, 0.3) is 0 Å². The molecule has 1 fully saturated rings. The number of phosphoric acid groups is 1. The molecular formula is C9H16O9P2S2U-4. The van der Waals surface area contributed by atoms with Gasteiger partial charge in [0, 0.05) is 50.6 Å². The summed E-state index contributed by atoms with van der Waals surface area (Å²) in [7, 11) is -2.48. The van der Waals surface area contributed by atoms with Gasteiger partial charge < -0.3 is 54.1 Å². The van der Waals surface area contributed by atoms with Crippen molar-refractivity contribution in [1.82, 2.24) is 0 Å². The van der Waals surface area contributed by atoms with Crippen molar-refractivity contribution in [2.24, 2.45) is 0 Å². The van der Waals surface area contributed by atoms with E-state index in [2.05, 4.69) is 20.9 Å². The summed E-state index contributed by atoms with van der Waals surface area (Å²) in [4.78, 5) is 32.9. The van der Waals surface area contributed by atoms with Gasteiger partial charge in [-0.15, -0.1) is 0 Å². The summed E-state index contributed by atoms with van der Waals surface area (Å²) in [6.07, 6.45) is -1.51. The Labute approximate surface area is 168 Å². The van der Waals surface area contributed by atoms with Crippen LogP contribution < -0.4 is 14.7 Å². The number of ether oxygens (including phenoxy) is 2. The molecule has 0 bridgehead atoms. The minimum Gasteiger partial charge on any atom is -0.790 e. The maximum Gasteiger partial charge on any atom is 0.115 e. The Balaban J connectivity index is 0.00000484. The largest absolute Gasteiger partial charge is 0.790 e. The van der Waals surface area contributed by atoms with Crippen molar-refractivity contribution in [3.8, 4) is 0 Å². The molecule has 1 rings (SSSR count). The van der Waals surface area contributed by atoms with Crippen molar-refractivity contribution in [2.75, 3.05) is 34.0 Å². The minimum atomic E-state index is -5.12. The van der Waals surface area contributed by atoms with Crippen molar-refractivity contribution in [3.05, 3.63) is 5.75 Å². The van der Waals surface area contributed by atoms with Crippen LogP contribution in [0.1, 0.15) is 0 Å². The Morgan fingerprint density at radius 2 is 1.91 bits per heavy atom. The molecule has 0 saturated carbocycles. The van der Waals surface area contributed by atoms with E-state index in [0.29, 0.717) is 6.61 Å². The van der Waals surface area contributed by atoms with E-state index >= 15 is 0 Å². The van der Waals surface area contributed by atoms with Crippen LogP contribution in [0.25, 0.3) is 0 Å². The number of methoxy groups -OCH3 is 1. The van der Waals surface area contributed by atoms with E-state index in [1.54, 1.807) is 5.75 Å². The molecule has 14 heteroatoms. The van der Waals surface area contributed by atoms with E-state index in [1.165, 1.54) is 7.11 Å². The fourth-order valence-electron chi connectivity index (χ4n) is 1.57. The van der Waals surface area contributed by atoms with Gasteiger partial charge in [-0.2, -0.15) is 0 Å². The quantitative estimate of drug-likeness (QED) is 0.163. The molecule has 0 radical (unpaired) electrons. The van der Waals surface area contributed by atoms with Crippen LogP contribution in [0.15, 0.2) is 0 Å². The third-order valence-electron chi connectivity index (χ3n) is 2.55. The minimum absolute atomic E-state index is 0. The van der Waals surface area contributed by atoms with Crippen LogP contribution in [0.5, 0.6) is 0 Å². The summed E-state index contributed by atoms with van der Waals surface area (Å²) in [5.74, 6) is 1.62. The third-order valence-corrected chi connectivity index (χ3v) is 5.85. The summed E-state index contributed by atoms with van der Waals surface area (Å²) in [5.41, 5.74) is 0. The smallest absolute Gasteiger partial charge is 0.115 e. The number of hydrogen-bond donors (Lipinski definition) is 0. The Morgan fingerprint density at radius 3 is 2.43 bits per heavy atom. The fourth-order valence-corrected chi connectivity index (χ4v) is 4.14. The van der Waals surface area contributed by atoms with Gasteiger partial charge in [-0.25, -0.2) is 5.75 Å². The van der Waals surface area contributed by atoms with Crippen LogP contribution in [0, 0.1) is 36.9 Å². The van der Waals surface area contributed by atoms with E-state index in [4.69, 9.17) is 14.0 Å². The van der Waals surface area contributed by atoms with E-state index in [0.717, 1.165) is 18.9 Å². The Hall–Kier alpha value is 1.96. The zero-order chi connectivity index (χ0) is 16.8. The van der Waals surface area contributed by atoms with E-state index in [1.807, 2.05) is 0 Å². The molecule has 1 aliphatic rings. The number of hydrogen-bond acceptors (Lipinski definition) is 11. The second-order valence-electron chi connectivity index (χ2n) is 4.08. The molecule has 0 amide bonds. The maximum absolute atomic E-state index is 11.8. The van der Waals surface area contributed by atoms with E-state index in [9.17, 15) is 19.2 Å². The second-order valence-corrected chi connectivity index (χ2v) is 9.20. The van der Waals surface area contributed by atoms with Gasteiger partial charge in [-0.3, -0.25) is 0 Å². The Kier molecular flexibility index (Phi) is 12.6. The van der Waals surface area contributed by atoms with Crippen LogP contribution in [0.2, 0.25) is 0 Å². The molecule has 0 aliphatic carbocycles. The second kappa shape index (κ2) is 11.6. The van der Waals surface area contributed by atoms with Gasteiger partial charge in [-0.1, -0.05) is 11.8 Å². The monoisotopic (exact) mass is 632 g/mol. The van der Waals surface area contributed by atoms with E-state index in [-0.39, 0.29) is 37.7 Å². The Morgan fingerprint density at radius 1 is 1.26 bits per heavy atom. The first-order valence-electron chi connectivity index (χ1n) is 5.99. The molecule has 23 heavy (non-hydrogen) atoms. The molecular weight excluding hydrogens is 616 g/mol. The van der Waals surface area contributed by atoms with Gasteiger partial charge in [0.2, 0.25) is 0 Å². The topological polar surface area (TPSA) is 132 Å². The predicted octanol–water partition coefficient (Wildman–Crippen LogP) is -1.24. The van der Waals surface area contributed by atoms with Crippen LogP contribution in [0.3, 0.4) is 0 Å². The van der Waals surface area contributed by atoms with Crippen molar-refractivity contribution in [2.45, 2.75) is 17.5 Å². The van der Waals surface area contributed by atoms with Crippen molar-refractivity contribution in [1.29, 1.82) is 0 Å². The number of thioether (sulfide) groups is 1. The van der Waals surface area contributed by atoms with Crippen molar-refractivity contribution >= 4 is 38.1 Å². The molecule has 0 N–H and O–H groups in total. The van der Waals surface area contributed by atoms with Gasteiger partial charge in [-0.05, 0) is 6.10 Å². The van der Waals surface area contributed by atoms with Crippen molar-refractivity contribution in [3.63, 3.8) is 0 Å². The molecule has 0 aromatic carbocycles. The van der Waals surface area contributed by atoms with Crippen LogP contribution in [-0.4, -0.2) is 51.5 Å². The normalized spacial score (nSPS) is 27.4. The van der Waals surface area contributed by atoms with Crippen molar-refractivity contribution < 1.29 is 73.4 Å². The molecule has 1 saturated heterocycles. The zero-order valence-electron chi connectivity index (χ0n) is 12.3. The molecule has 4 atom stereocenters. The van der Waals surface area contributed by atoms with Gasteiger partial charge in [0.15, 0.2) is 0 Å². The first-order chi connectivity index (χ1) is 10.2. The van der Waals surface area contributed by atoms with Gasteiger partial charge >= 0.3 is 0 Å². The SMILES string of the molecule is COCCO[C@H]1[CH-]S[C@H](COP(=O)([O-])[O-])[C@H]1OP([O-])(=S)OC.[U]. The summed E-state index contributed by atoms with van der Waals surface area (Å²) >= 11 is 5.81. The summed E-state index contributed by atoms with van der Waals surface area (Å²) in [5, 5.41) is -0.629. The van der Waals surface area contributed by atoms with Gasteiger partial charge in [0.1, 0.15) is 6.72 Å². The standard InChI is InChI=1S/C9H19O9P2S2.U/c1-14-3-4-16-7-6-22-8(5-17-19(10,11)12)9(7)18-20(13,21)15-2;/h6-9H,3-5H2,1-2H3,(H,13,21)(H2,10,11,12);/q-1;/p-3/t7-,8+,9-,20?;/m0./s1. The summed E-state index contributed by atoms with van der Waals surface area (Å²) in [6, 6.07) is 0. The molecule has 1 aliphatic heterocycles. The molecule has 0 aromatic rings. The third kappa shape index (κ3) is 10.0. The molecule has 0 aromatic heterocycles. The maximum atomic E-state index is 11.8. The van der Waals surface area contributed by atoms with Crippen LogP contribution in [0.4, 0.5) is 0 Å². The zero-order valence-corrected chi connectivity index (χ0v) is 19.9. The van der Waals surface area contributed by atoms with Crippen LogP contribution >= 0.6 is 26.3 Å². The molecule has 1 heterocycles. The molecule has 0 spiro atoms. The predicted molar refractivity (Wildman–Crippen MR) is 77.0 cm³/mol. The summed E-state index contributed by atoms with van der Waals surface area (Å²) < 4.78 is 35.0. The first kappa shape index (κ1) is 25.0. The molecule has 136 valence electrons. The summed E-state index contributed by atoms with van der Waals surface area (Å²) in [6.45, 7) is -3.62. The number of rotatable bonds is 10. The fraction of sp³-hybridized carbons (Fsp3) is 0.889.